The Morgan fingerprint density at radius 1 is 1.06 bits per heavy atom. The van der Waals surface area contributed by atoms with Crippen LogP contribution < -0.4 is 5.32 Å². The molecule has 100 valence electrons. The van der Waals surface area contributed by atoms with E-state index >= 15 is 0 Å². The van der Waals surface area contributed by atoms with Crippen molar-refractivity contribution in [2.75, 3.05) is 20.1 Å². The third-order valence-corrected chi connectivity index (χ3v) is 5.31. The predicted octanol–water partition coefficient (Wildman–Crippen LogP) is 3.03. The van der Waals surface area contributed by atoms with Crippen molar-refractivity contribution in [3.05, 3.63) is 0 Å². The molecule has 1 aliphatic carbocycles. The van der Waals surface area contributed by atoms with Gasteiger partial charge in [0.05, 0.1) is 0 Å². The summed E-state index contributed by atoms with van der Waals surface area (Å²) in [5.41, 5.74) is 0.500. The lowest BCUT2D eigenvalue weighted by Gasteiger charge is -2.53. The minimum atomic E-state index is 0.500. The summed E-state index contributed by atoms with van der Waals surface area (Å²) in [6.07, 6.45) is 10.0. The molecule has 1 heterocycles. The Kier molecular flexibility index (Phi) is 4.48. The molecule has 0 amide bonds. The van der Waals surface area contributed by atoms with Gasteiger partial charge < -0.3 is 5.32 Å². The smallest absolute Gasteiger partial charge is 0.0261 e. The second-order valence-electron chi connectivity index (χ2n) is 6.39. The summed E-state index contributed by atoms with van der Waals surface area (Å²) in [5, 5.41) is 3.55. The Morgan fingerprint density at radius 3 is 2.18 bits per heavy atom. The van der Waals surface area contributed by atoms with Gasteiger partial charge in [0.25, 0.3) is 0 Å². The lowest BCUT2D eigenvalue weighted by Crippen LogP contribution is -2.59. The third-order valence-electron chi connectivity index (χ3n) is 5.31. The normalized spacial score (nSPS) is 26.6. The fraction of sp³-hybridized carbons (Fsp3) is 1.00. The van der Waals surface area contributed by atoms with Crippen LogP contribution in [0.2, 0.25) is 0 Å². The summed E-state index contributed by atoms with van der Waals surface area (Å²) in [6.45, 7) is 7.14. The summed E-state index contributed by atoms with van der Waals surface area (Å²) in [4.78, 5) is 2.70. The average Bonchev–Trinajstić information content (AvgIpc) is 2.39. The van der Waals surface area contributed by atoms with E-state index in [0.29, 0.717) is 11.6 Å². The number of rotatable bonds is 3. The highest BCUT2D eigenvalue weighted by atomic mass is 15.2. The van der Waals surface area contributed by atoms with Gasteiger partial charge in [-0.25, -0.2) is 0 Å². The Balaban J connectivity index is 2.15. The Labute approximate surface area is 107 Å². The first kappa shape index (κ1) is 13.4. The molecule has 0 bridgehead atoms. The molecule has 17 heavy (non-hydrogen) atoms. The molecular formula is C15H30N2. The van der Waals surface area contributed by atoms with E-state index in [0.717, 1.165) is 5.92 Å². The molecule has 1 saturated carbocycles. The van der Waals surface area contributed by atoms with Gasteiger partial charge >= 0.3 is 0 Å². The highest BCUT2D eigenvalue weighted by Gasteiger charge is 2.43. The van der Waals surface area contributed by atoms with Crippen molar-refractivity contribution in [2.24, 2.45) is 5.92 Å². The van der Waals surface area contributed by atoms with E-state index in [2.05, 4.69) is 31.1 Å². The van der Waals surface area contributed by atoms with Crippen LogP contribution in [-0.2, 0) is 0 Å². The second-order valence-corrected chi connectivity index (χ2v) is 6.39. The molecule has 0 aromatic rings. The number of hydrogen-bond donors (Lipinski definition) is 1. The monoisotopic (exact) mass is 238 g/mol. The summed E-state index contributed by atoms with van der Waals surface area (Å²) >= 11 is 0. The van der Waals surface area contributed by atoms with Crippen molar-refractivity contribution in [1.82, 2.24) is 10.2 Å². The van der Waals surface area contributed by atoms with Crippen LogP contribution in [0.3, 0.4) is 0 Å². The predicted molar refractivity (Wildman–Crippen MR) is 74.3 cm³/mol. The van der Waals surface area contributed by atoms with Crippen molar-refractivity contribution >= 4 is 0 Å². The van der Waals surface area contributed by atoms with Gasteiger partial charge in [-0.3, -0.25) is 4.90 Å². The average molecular weight is 238 g/mol. The second kappa shape index (κ2) is 5.71. The van der Waals surface area contributed by atoms with Gasteiger partial charge in [0.15, 0.2) is 0 Å². The number of nitrogens with one attached hydrogen (secondary N) is 1. The topological polar surface area (TPSA) is 15.3 Å². The van der Waals surface area contributed by atoms with E-state index in [-0.39, 0.29) is 0 Å². The minimum absolute atomic E-state index is 0.500. The van der Waals surface area contributed by atoms with Crippen molar-refractivity contribution in [3.8, 4) is 0 Å². The molecule has 2 aliphatic rings. The van der Waals surface area contributed by atoms with Crippen LogP contribution in [0.5, 0.6) is 0 Å². The molecule has 1 N–H and O–H groups in total. The van der Waals surface area contributed by atoms with Gasteiger partial charge in [0.1, 0.15) is 0 Å². The van der Waals surface area contributed by atoms with E-state index in [4.69, 9.17) is 0 Å². The van der Waals surface area contributed by atoms with Gasteiger partial charge in [0.2, 0.25) is 0 Å². The lowest BCUT2D eigenvalue weighted by atomic mass is 9.69. The molecule has 2 nitrogen and oxygen atoms in total. The molecule has 0 atom stereocenters. The first-order valence-corrected chi connectivity index (χ1v) is 7.60. The fourth-order valence-electron chi connectivity index (χ4n) is 4.06. The summed E-state index contributed by atoms with van der Waals surface area (Å²) in [6, 6.07) is 0.676. The van der Waals surface area contributed by atoms with Crippen LogP contribution in [0.25, 0.3) is 0 Å². The zero-order valence-corrected chi connectivity index (χ0v) is 12.0. The number of hydrogen-bond acceptors (Lipinski definition) is 2. The zero-order valence-electron chi connectivity index (χ0n) is 12.0. The van der Waals surface area contributed by atoms with Crippen LogP contribution >= 0.6 is 0 Å². The van der Waals surface area contributed by atoms with Crippen molar-refractivity contribution in [2.45, 2.75) is 70.4 Å². The summed E-state index contributed by atoms with van der Waals surface area (Å²) < 4.78 is 0. The Bertz CT molecular complexity index is 225. The van der Waals surface area contributed by atoms with Crippen LogP contribution in [-0.4, -0.2) is 36.6 Å². The van der Waals surface area contributed by atoms with E-state index in [1.165, 1.54) is 58.0 Å². The minimum Gasteiger partial charge on any atom is -0.317 e. The molecule has 0 aromatic heterocycles. The van der Waals surface area contributed by atoms with Crippen LogP contribution in [0.4, 0.5) is 0 Å². The van der Waals surface area contributed by atoms with Crippen molar-refractivity contribution < 1.29 is 0 Å². The zero-order chi connectivity index (χ0) is 12.3. The number of piperidine rings is 1. The lowest BCUT2D eigenvalue weighted by molar-refractivity contribution is -0.0114. The standard InChI is InChI=1S/C15H30N2/c1-13(2)17(3)15(9-11-16-12-10-15)14-7-5-4-6-8-14/h13-14,16H,4-12H2,1-3H3. The first-order chi connectivity index (χ1) is 8.17. The maximum atomic E-state index is 3.55. The van der Waals surface area contributed by atoms with Gasteiger partial charge in [-0.2, -0.15) is 0 Å². The van der Waals surface area contributed by atoms with E-state index < -0.39 is 0 Å². The molecule has 2 heteroatoms. The Hall–Kier alpha value is -0.0800. The SMILES string of the molecule is CC(C)N(C)C1(C2CCCCC2)CCNCC1. The first-order valence-electron chi connectivity index (χ1n) is 7.60. The quantitative estimate of drug-likeness (QED) is 0.813. The molecule has 2 fully saturated rings. The maximum absolute atomic E-state index is 3.55. The van der Waals surface area contributed by atoms with E-state index in [1.807, 2.05) is 0 Å². The van der Waals surface area contributed by atoms with Crippen LogP contribution in [0.1, 0.15) is 58.8 Å². The van der Waals surface area contributed by atoms with E-state index in [9.17, 15) is 0 Å². The Morgan fingerprint density at radius 2 is 1.65 bits per heavy atom. The number of nitrogens with zero attached hydrogens (tertiary/aromatic N) is 1. The molecule has 2 rings (SSSR count). The van der Waals surface area contributed by atoms with Crippen molar-refractivity contribution in [1.29, 1.82) is 0 Å². The third kappa shape index (κ3) is 2.68. The van der Waals surface area contributed by atoms with Gasteiger partial charge in [-0.05, 0) is 65.6 Å². The highest BCUT2D eigenvalue weighted by Crippen LogP contribution is 2.42. The molecule has 0 unspecified atom stereocenters. The fourth-order valence-corrected chi connectivity index (χ4v) is 4.06. The largest absolute Gasteiger partial charge is 0.317 e. The summed E-state index contributed by atoms with van der Waals surface area (Å²) in [5.74, 6) is 0.950. The molecule has 1 aliphatic heterocycles. The molecule has 0 radical (unpaired) electrons. The summed E-state index contributed by atoms with van der Waals surface area (Å²) in [7, 11) is 2.37. The van der Waals surface area contributed by atoms with Gasteiger partial charge in [-0.1, -0.05) is 19.3 Å². The molecule has 0 spiro atoms. The van der Waals surface area contributed by atoms with Crippen LogP contribution in [0.15, 0.2) is 0 Å². The van der Waals surface area contributed by atoms with E-state index in [1.54, 1.807) is 0 Å². The van der Waals surface area contributed by atoms with Crippen LogP contribution in [0, 0.1) is 5.92 Å². The van der Waals surface area contributed by atoms with Crippen molar-refractivity contribution in [3.63, 3.8) is 0 Å². The maximum Gasteiger partial charge on any atom is 0.0261 e. The molecule has 1 saturated heterocycles. The molecular weight excluding hydrogens is 208 g/mol. The van der Waals surface area contributed by atoms with Gasteiger partial charge in [0, 0.05) is 11.6 Å². The molecule has 0 aromatic carbocycles. The highest BCUT2D eigenvalue weighted by molar-refractivity contribution is 5.00. The van der Waals surface area contributed by atoms with Gasteiger partial charge in [-0.15, -0.1) is 0 Å².